The van der Waals surface area contributed by atoms with E-state index in [4.69, 9.17) is 0 Å². The molecular weight excluding hydrogens is 326 g/mol. The van der Waals surface area contributed by atoms with Crippen LogP contribution in [-0.2, 0) is 0 Å². The molecule has 0 unspecified atom stereocenters. The van der Waals surface area contributed by atoms with E-state index >= 15 is 0 Å². The second kappa shape index (κ2) is 7.82. The molecule has 0 radical (unpaired) electrons. The van der Waals surface area contributed by atoms with Crippen LogP contribution >= 0.6 is 0 Å². The minimum atomic E-state index is -0.211. The van der Waals surface area contributed by atoms with Crippen LogP contribution in [-0.4, -0.2) is 22.9 Å². The highest BCUT2D eigenvalue weighted by Gasteiger charge is 2.11. The Bertz CT molecular complexity index is 935. The molecule has 6 heteroatoms. The lowest BCUT2D eigenvalue weighted by molar-refractivity contribution is 0.835. The third-order valence-electron chi connectivity index (χ3n) is 4.30. The van der Waals surface area contributed by atoms with Crippen LogP contribution in [0.3, 0.4) is 0 Å². The maximum atomic E-state index is 12.6. The standard InChI is InChI=1S/C20H23N5O/c1-4-24(5-2)17-13-11-16(12-14-17)21-22-19-15(3)23-25(20(19)26)18-9-7-6-8-10-18/h6-14,23H,4-5H2,1-3H3. The van der Waals surface area contributed by atoms with Crippen LogP contribution in [0.1, 0.15) is 19.5 Å². The lowest BCUT2D eigenvalue weighted by atomic mass is 10.2. The van der Waals surface area contributed by atoms with E-state index in [0.29, 0.717) is 17.1 Å². The third-order valence-corrected chi connectivity index (χ3v) is 4.30. The number of H-pyrrole nitrogens is 1. The van der Waals surface area contributed by atoms with Crippen molar-refractivity contribution in [1.82, 2.24) is 9.78 Å². The van der Waals surface area contributed by atoms with E-state index in [9.17, 15) is 4.79 Å². The highest BCUT2D eigenvalue weighted by molar-refractivity contribution is 5.53. The summed E-state index contributed by atoms with van der Waals surface area (Å²) in [5.41, 5.74) is 3.43. The van der Waals surface area contributed by atoms with Gasteiger partial charge in [0.15, 0.2) is 5.69 Å². The molecule has 0 amide bonds. The van der Waals surface area contributed by atoms with E-state index in [-0.39, 0.29) is 5.56 Å². The summed E-state index contributed by atoms with van der Waals surface area (Å²) < 4.78 is 1.48. The Morgan fingerprint density at radius 2 is 1.62 bits per heavy atom. The number of aromatic amines is 1. The highest BCUT2D eigenvalue weighted by atomic mass is 16.1. The molecular formula is C20H23N5O. The molecule has 0 aliphatic rings. The average molecular weight is 349 g/mol. The Kier molecular flexibility index (Phi) is 5.31. The van der Waals surface area contributed by atoms with Crippen molar-refractivity contribution in [1.29, 1.82) is 0 Å². The van der Waals surface area contributed by atoms with E-state index in [1.165, 1.54) is 4.68 Å². The van der Waals surface area contributed by atoms with E-state index < -0.39 is 0 Å². The van der Waals surface area contributed by atoms with E-state index in [1.807, 2.05) is 61.5 Å². The van der Waals surface area contributed by atoms with Crippen molar-refractivity contribution < 1.29 is 0 Å². The van der Waals surface area contributed by atoms with Crippen molar-refractivity contribution in [3.63, 3.8) is 0 Å². The summed E-state index contributed by atoms with van der Waals surface area (Å²) in [6.45, 7) is 7.99. The van der Waals surface area contributed by atoms with E-state index in [1.54, 1.807) is 0 Å². The smallest absolute Gasteiger partial charge is 0.299 e. The highest BCUT2D eigenvalue weighted by Crippen LogP contribution is 2.22. The van der Waals surface area contributed by atoms with Gasteiger partial charge in [0.25, 0.3) is 5.56 Å². The van der Waals surface area contributed by atoms with Crippen LogP contribution in [0, 0.1) is 6.92 Å². The molecule has 0 bridgehead atoms. The molecule has 3 aromatic rings. The quantitative estimate of drug-likeness (QED) is 0.653. The summed E-state index contributed by atoms with van der Waals surface area (Å²) >= 11 is 0. The Morgan fingerprint density at radius 1 is 0.962 bits per heavy atom. The normalized spacial score (nSPS) is 11.2. The fourth-order valence-electron chi connectivity index (χ4n) is 2.84. The number of benzene rings is 2. The van der Waals surface area contributed by atoms with Gasteiger partial charge in [0.05, 0.1) is 17.1 Å². The monoisotopic (exact) mass is 349 g/mol. The number of rotatable bonds is 6. The van der Waals surface area contributed by atoms with E-state index in [2.05, 4.69) is 34.1 Å². The second-order valence-electron chi connectivity index (χ2n) is 5.95. The largest absolute Gasteiger partial charge is 0.372 e. The summed E-state index contributed by atoms with van der Waals surface area (Å²) in [6, 6.07) is 17.3. The number of aromatic nitrogens is 2. The van der Waals surface area contributed by atoms with Crippen molar-refractivity contribution in [3.05, 3.63) is 70.6 Å². The van der Waals surface area contributed by atoms with Gasteiger partial charge in [-0.3, -0.25) is 9.89 Å². The molecule has 0 fully saturated rings. The predicted molar refractivity (Wildman–Crippen MR) is 105 cm³/mol. The Morgan fingerprint density at radius 3 is 2.23 bits per heavy atom. The fraction of sp³-hybridized carbons (Fsp3) is 0.250. The Labute approximate surface area is 152 Å². The van der Waals surface area contributed by atoms with Crippen LogP contribution < -0.4 is 10.5 Å². The van der Waals surface area contributed by atoms with Crippen molar-refractivity contribution in [2.45, 2.75) is 20.8 Å². The van der Waals surface area contributed by atoms with Gasteiger partial charge in [-0.2, -0.15) is 5.11 Å². The van der Waals surface area contributed by atoms with E-state index in [0.717, 1.165) is 24.5 Å². The lowest BCUT2D eigenvalue weighted by Crippen LogP contribution is -2.21. The van der Waals surface area contributed by atoms with Gasteiger partial charge in [-0.15, -0.1) is 5.11 Å². The zero-order valence-electron chi connectivity index (χ0n) is 15.3. The minimum absolute atomic E-state index is 0.211. The van der Waals surface area contributed by atoms with Crippen molar-refractivity contribution in [2.75, 3.05) is 18.0 Å². The molecule has 0 aliphatic heterocycles. The Hall–Kier alpha value is -3.15. The number of hydrogen-bond acceptors (Lipinski definition) is 4. The summed E-state index contributed by atoms with van der Waals surface area (Å²) in [4.78, 5) is 14.9. The Balaban J connectivity index is 1.85. The first-order valence-electron chi connectivity index (χ1n) is 8.77. The zero-order valence-corrected chi connectivity index (χ0v) is 15.3. The third kappa shape index (κ3) is 3.59. The average Bonchev–Trinajstić information content (AvgIpc) is 2.97. The van der Waals surface area contributed by atoms with Crippen LogP contribution in [0.2, 0.25) is 0 Å². The van der Waals surface area contributed by atoms with Crippen molar-refractivity contribution in [2.24, 2.45) is 10.2 Å². The summed E-state index contributed by atoms with van der Waals surface area (Å²) in [5.74, 6) is 0. The first kappa shape index (κ1) is 17.7. The summed E-state index contributed by atoms with van der Waals surface area (Å²) in [7, 11) is 0. The second-order valence-corrected chi connectivity index (χ2v) is 5.95. The van der Waals surface area contributed by atoms with Crippen LogP contribution in [0.15, 0.2) is 69.6 Å². The maximum Gasteiger partial charge on any atom is 0.299 e. The SMILES string of the molecule is CCN(CC)c1ccc(N=Nc2c(C)[nH]n(-c3ccccc3)c2=O)cc1. The van der Waals surface area contributed by atoms with Crippen molar-refractivity contribution in [3.8, 4) is 5.69 Å². The van der Waals surface area contributed by atoms with Gasteiger partial charge in [0.1, 0.15) is 0 Å². The molecule has 1 heterocycles. The lowest BCUT2D eigenvalue weighted by Gasteiger charge is -2.20. The molecule has 0 aliphatic carbocycles. The summed E-state index contributed by atoms with van der Waals surface area (Å²) in [6.07, 6.45) is 0. The first-order chi connectivity index (χ1) is 12.6. The van der Waals surface area contributed by atoms with Gasteiger partial charge in [-0.25, -0.2) is 4.68 Å². The number of anilines is 1. The number of para-hydroxylation sites is 1. The maximum absolute atomic E-state index is 12.6. The van der Waals surface area contributed by atoms with Gasteiger partial charge < -0.3 is 4.90 Å². The number of aryl methyl sites for hydroxylation is 1. The molecule has 26 heavy (non-hydrogen) atoms. The number of nitrogens with zero attached hydrogens (tertiary/aromatic N) is 4. The molecule has 0 saturated heterocycles. The molecule has 3 rings (SSSR count). The fourth-order valence-corrected chi connectivity index (χ4v) is 2.84. The topological polar surface area (TPSA) is 65.8 Å². The zero-order chi connectivity index (χ0) is 18.5. The number of nitrogens with one attached hydrogen (secondary N) is 1. The molecule has 1 N–H and O–H groups in total. The molecule has 2 aromatic carbocycles. The first-order valence-corrected chi connectivity index (χ1v) is 8.77. The molecule has 6 nitrogen and oxygen atoms in total. The molecule has 1 aromatic heterocycles. The number of azo groups is 1. The molecule has 0 spiro atoms. The van der Waals surface area contributed by atoms with Crippen LogP contribution in [0.4, 0.5) is 17.1 Å². The van der Waals surface area contributed by atoms with Crippen LogP contribution in [0.25, 0.3) is 5.69 Å². The van der Waals surface area contributed by atoms with Gasteiger partial charge in [-0.1, -0.05) is 18.2 Å². The van der Waals surface area contributed by atoms with Gasteiger partial charge >= 0.3 is 0 Å². The molecule has 0 saturated carbocycles. The molecule has 0 atom stereocenters. The van der Waals surface area contributed by atoms with Crippen LogP contribution in [0.5, 0.6) is 0 Å². The van der Waals surface area contributed by atoms with Gasteiger partial charge in [0.2, 0.25) is 0 Å². The number of hydrogen-bond donors (Lipinski definition) is 1. The van der Waals surface area contributed by atoms with Crippen molar-refractivity contribution >= 4 is 17.1 Å². The minimum Gasteiger partial charge on any atom is -0.372 e. The molecule has 134 valence electrons. The van der Waals surface area contributed by atoms with Gasteiger partial charge in [-0.05, 0) is 57.2 Å². The predicted octanol–water partition coefficient (Wildman–Crippen LogP) is 4.74. The summed E-state index contributed by atoms with van der Waals surface area (Å²) in [5, 5.41) is 11.5. The van der Waals surface area contributed by atoms with Gasteiger partial charge in [0, 0.05) is 18.8 Å².